The van der Waals surface area contributed by atoms with Crippen molar-refractivity contribution < 1.29 is 14.3 Å². The summed E-state index contributed by atoms with van der Waals surface area (Å²) in [5, 5.41) is 9.72. The first kappa shape index (κ1) is 24.3. The summed E-state index contributed by atoms with van der Waals surface area (Å²) in [7, 11) is 5.43. The van der Waals surface area contributed by atoms with Crippen molar-refractivity contribution in [3.05, 3.63) is 59.7 Å². The number of aromatic nitrogens is 3. The maximum atomic E-state index is 12.8. The molecule has 1 aliphatic heterocycles. The van der Waals surface area contributed by atoms with Gasteiger partial charge in [-0.05, 0) is 36.9 Å². The van der Waals surface area contributed by atoms with Crippen LogP contribution in [-0.4, -0.2) is 84.5 Å². The van der Waals surface area contributed by atoms with E-state index in [1.54, 1.807) is 26.0 Å². The van der Waals surface area contributed by atoms with E-state index in [1.165, 1.54) is 0 Å². The van der Waals surface area contributed by atoms with Crippen LogP contribution in [0.2, 0.25) is 0 Å². The van der Waals surface area contributed by atoms with Crippen molar-refractivity contribution in [3.8, 4) is 17.1 Å². The highest BCUT2D eigenvalue weighted by atomic mass is 32.2. The fraction of sp³-hybridized carbons (Fsp3) is 0.400. The largest absolute Gasteiger partial charge is 0.497 e. The number of amides is 1. The molecular formula is C25H31N5O3S. The zero-order valence-corrected chi connectivity index (χ0v) is 20.8. The number of likely N-dealkylation sites (N-methyl/N-ethyl adjacent to an activating group) is 1. The Morgan fingerprint density at radius 2 is 1.79 bits per heavy atom. The molecule has 0 bridgehead atoms. The molecule has 0 aliphatic carbocycles. The SMILES string of the molecule is COCCn1c(SCc2ccc(C(=O)N3CCN(C)CC3)cc2)nnc1-c1cccc(OC)c1. The van der Waals surface area contributed by atoms with Crippen LogP contribution in [0, 0.1) is 0 Å². The summed E-state index contributed by atoms with van der Waals surface area (Å²) >= 11 is 1.62. The van der Waals surface area contributed by atoms with Crippen LogP contribution in [0.5, 0.6) is 5.75 Å². The molecule has 1 fully saturated rings. The van der Waals surface area contributed by atoms with E-state index in [2.05, 4.69) is 26.7 Å². The number of piperazine rings is 1. The van der Waals surface area contributed by atoms with Crippen LogP contribution in [0.1, 0.15) is 15.9 Å². The fourth-order valence-electron chi connectivity index (χ4n) is 3.84. The number of hydrogen-bond acceptors (Lipinski definition) is 7. The molecule has 1 aromatic heterocycles. The molecule has 34 heavy (non-hydrogen) atoms. The first-order valence-electron chi connectivity index (χ1n) is 11.3. The zero-order valence-electron chi connectivity index (χ0n) is 19.9. The van der Waals surface area contributed by atoms with Gasteiger partial charge >= 0.3 is 0 Å². The van der Waals surface area contributed by atoms with Crippen molar-refractivity contribution in [1.29, 1.82) is 0 Å². The van der Waals surface area contributed by atoms with E-state index >= 15 is 0 Å². The predicted octanol–water partition coefficient (Wildman–Crippen LogP) is 3.28. The van der Waals surface area contributed by atoms with E-state index in [0.717, 1.165) is 65.4 Å². The van der Waals surface area contributed by atoms with Gasteiger partial charge in [-0.3, -0.25) is 9.36 Å². The quantitative estimate of drug-likeness (QED) is 0.434. The van der Waals surface area contributed by atoms with E-state index in [4.69, 9.17) is 9.47 Å². The normalized spacial score (nSPS) is 14.4. The van der Waals surface area contributed by atoms with Crippen molar-refractivity contribution >= 4 is 17.7 Å². The average molecular weight is 482 g/mol. The van der Waals surface area contributed by atoms with Crippen LogP contribution in [0.25, 0.3) is 11.4 Å². The maximum absolute atomic E-state index is 12.8. The topological polar surface area (TPSA) is 72.7 Å². The van der Waals surface area contributed by atoms with E-state index in [1.807, 2.05) is 53.4 Å². The van der Waals surface area contributed by atoms with E-state index in [0.29, 0.717) is 13.2 Å². The second-order valence-corrected chi connectivity index (χ2v) is 9.21. The number of thioether (sulfide) groups is 1. The smallest absolute Gasteiger partial charge is 0.253 e. The average Bonchev–Trinajstić information content (AvgIpc) is 3.29. The van der Waals surface area contributed by atoms with Crippen molar-refractivity contribution in [1.82, 2.24) is 24.6 Å². The highest BCUT2D eigenvalue weighted by Gasteiger charge is 2.20. The number of ether oxygens (including phenoxy) is 2. The number of rotatable bonds is 9. The van der Waals surface area contributed by atoms with Gasteiger partial charge < -0.3 is 19.3 Å². The predicted molar refractivity (Wildman–Crippen MR) is 133 cm³/mol. The van der Waals surface area contributed by atoms with Crippen molar-refractivity contribution in [2.75, 3.05) is 54.1 Å². The van der Waals surface area contributed by atoms with Crippen LogP contribution in [0.3, 0.4) is 0 Å². The minimum absolute atomic E-state index is 0.106. The van der Waals surface area contributed by atoms with E-state index in [-0.39, 0.29) is 5.91 Å². The van der Waals surface area contributed by atoms with Crippen molar-refractivity contribution in [3.63, 3.8) is 0 Å². The summed E-state index contributed by atoms with van der Waals surface area (Å²) in [6.07, 6.45) is 0. The van der Waals surface area contributed by atoms with Crippen LogP contribution >= 0.6 is 11.8 Å². The molecule has 0 saturated carbocycles. The number of methoxy groups -OCH3 is 2. The Balaban J connectivity index is 1.44. The Bertz CT molecular complexity index is 1090. The van der Waals surface area contributed by atoms with Gasteiger partial charge in [0, 0.05) is 50.2 Å². The number of carbonyl (C=O) groups is 1. The lowest BCUT2D eigenvalue weighted by Gasteiger charge is -2.32. The summed E-state index contributed by atoms with van der Waals surface area (Å²) in [6.45, 7) is 4.60. The number of benzene rings is 2. The Morgan fingerprint density at radius 3 is 2.50 bits per heavy atom. The maximum Gasteiger partial charge on any atom is 0.253 e. The Kier molecular flexibility index (Phi) is 8.21. The van der Waals surface area contributed by atoms with E-state index < -0.39 is 0 Å². The molecule has 180 valence electrons. The number of hydrogen-bond donors (Lipinski definition) is 0. The lowest BCUT2D eigenvalue weighted by Crippen LogP contribution is -2.47. The van der Waals surface area contributed by atoms with Gasteiger partial charge in [0.25, 0.3) is 5.91 Å². The van der Waals surface area contributed by atoms with Gasteiger partial charge in [-0.15, -0.1) is 10.2 Å². The molecule has 1 saturated heterocycles. The minimum Gasteiger partial charge on any atom is -0.497 e. The van der Waals surface area contributed by atoms with Crippen LogP contribution < -0.4 is 4.74 Å². The molecular weight excluding hydrogens is 450 g/mol. The standard InChI is InChI=1S/C25H31N5O3S/c1-28-11-13-29(14-12-28)24(31)20-9-7-19(8-10-20)18-34-25-27-26-23(30(25)15-16-32-2)21-5-4-6-22(17-21)33-3/h4-10,17H,11-16,18H2,1-3H3. The summed E-state index contributed by atoms with van der Waals surface area (Å²) in [5.41, 5.74) is 2.81. The second kappa shape index (κ2) is 11.5. The van der Waals surface area contributed by atoms with Crippen LogP contribution in [0.4, 0.5) is 0 Å². The van der Waals surface area contributed by atoms with Gasteiger partial charge in [-0.25, -0.2) is 0 Å². The van der Waals surface area contributed by atoms with Gasteiger partial charge in [0.15, 0.2) is 11.0 Å². The van der Waals surface area contributed by atoms with Gasteiger partial charge in [0.2, 0.25) is 0 Å². The lowest BCUT2D eigenvalue weighted by molar-refractivity contribution is 0.0664. The zero-order chi connectivity index (χ0) is 23.9. The molecule has 4 rings (SSSR count). The van der Waals surface area contributed by atoms with E-state index in [9.17, 15) is 4.79 Å². The summed E-state index contributed by atoms with van der Waals surface area (Å²) in [4.78, 5) is 17.0. The van der Waals surface area contributed by atoms with Crippen LogP contribution in [-0.2, 0) is 17.0 Å². The van der Waals surface area contributed by atoms with Crippen molar-refractivity contribution in [2.45, 2.75) is 17.5 Å². The Hall–Kier alpha value is -2.88. The third-order valence-corrected chi connectivity index (χ3v) is 6.96. The molecule has 0 atom stereocenters. The third-order valence-electron chi connectivity index (χ3n) is 5.92. The molecule has 0 radical (unpaired) electrons. The molecule has 9 heteroatoms. The highest BCUT2D eigenvalue weighted by Crippen LogP contribution is 2.28. The molecule has 3 aromatic rings. The lowest BCUT2D eigenvalue weighted by atomic mass is 10.1. The summed E-state index contributed by atoms with van der Waals surface area (Å²) < 4.78 is 12.8. The van der Waals surface area contributed by atoms with Gasteiger partial charge in [-0.2, -0.15) is 0 Å². The number of nitrogens with zero attached hydrogens (tertiary/aromatic N) is 5. The monoisotopic (exact) mass is 481 g/mol. The molecule has 0 spiro atoms. The first-order valence-corrected chi connectivity index (χ1v) is 12.3. The molecule has 0 unspecified atom stereocenters. The highest BCUT2D eigenvalue weighted by molar-refractivity contribution is 7.98. The second-order valence-electron chi connectivity index (χ2n) is 8.26. The summed E-state index contributed by atoms with van der Waals surface area (Å²) in [6, 6.07) is 15.7. The third kappa shape index (κ3) is 5.78. The Labute approximate surface area is 204 Å². The molecule has 1 amide bonds. The molecule has 1 aliphatic rings. The minimum atomic E-state index is 0.106. The first-order chi connectivity index (χ1) is 16.6. The van der Waals surface area contributed by atoms with Crippen molar-refractivity contribution in [2.24, 2.45) is 0 Å². The molecule has 8 nitrogen and oxygen atoms in total. The van der Waals surface area contributed by atoms with Gasteiger partial charge in [0.1, 0.15) is 5.75 Å². The fourth-order valence-corrected chi connectivity index (χ4v) is 4.76. The molecule has 2 heterocycles. The summed E-state index contributed by atoms with van der Waals surface area (Å²) in [5.74, 6) is 2.40. The number of carbonyl (C=O) groups excluding carboxylic acids is 1. The van der Waals surface area contributed by atoms with Gasteiger partial charge in [0.05, 0.1) is 20.3 Å². The van der Waals surface area contributed by atoms with Gasteiger partial charge in [-0.1, -0.05) is 36.0 Å². The van der Waals surface area contributed by atoms with Crippen LogP contribution in [0.15, 0.2) is 53.7 Å². The molecule has 2 aromatic carbocycles. The molecule has 0 N–H and O–H groups in total. The Morgan fingerprint density at radius 1 is 1.03 bits per heavy atom.